The summed E-state index contributed by atoms with van der Waals surface area (Å²) in [5.41, 5.74) is 3.06. The Bertz CT molecular complexity index is 785. The quantitative estimate of drug-likeness (QED) is 0.677. The van der Waals surface area contributed by atoms with Crippen LogP contribution in [-0.4, -0.2) is 16.1 Å². The summed E-state index contributed by atoms with van der Waals surface area (Å²) in [6.07, 6.45) is 2.50. The van der Waals surface area contributed by atoms with Crippen LogP contribution in [0.3, 0.4) is 0 Å². The Morgan fingerprint density at radius 1 is 1.23 bits per heavy atom. The molecule has 2 heterocycles. The number of carbonyl (C=O) groups excluding carboxylic acids is 1. The molecule has 5 nitrogen and oxygen atoms in total. The smallest absolute Gasteiger partial charge is 0.185 e. The number of hydrogen-bond donors (Lipinski definition) is 0. The van der Waals surface area contributed by atoms with E-state index >= 15 is 0 Å². The monoisotopic (exact) mass is 296 g/mol. The van der Waals surface area contributed by atoms with Gasteiger partial charge >= 0.3 is 0 Å². The number of aldehydes is 1. The van der Waals surface area contributed by atoms with E-state index in [0.29, 0.717) is 24.4 Å². The summed E-state index contributed by atoms with van der Waals surface area (Å²) in [6.45, 7) is 2.49. The normalized spacial score (nSPS) is 10.6. The zero-order valence-electron chi connectivity index (χ0n) is 12.4. The molecule has 0 saturated heterocycles. The molecule has 5 heteroatoms. The third kappa shape index (κ3) is 2.79. The fraction of sp³-hybridized carbons (Fsp3) is 0.176. The summed E-state index contributed by atoms with van der Waals surface area (Å²) in [7, 11) is 1.91. The standard InChI is InChI=1S/C17H16N2O3/c1-12-14(9-18-19(12)2)11-21-15-5-3-13(4-6-15)17-8-7-16(10-20)22-17/h3-10H,11H2,1-2H3. The predicted octanol–water partition coefficient (Wildman–Crippen LogP) is 3.38. The van der Waals surface area contributed by atoms with Crippen LogP contribution in [0, 0.1) is 6.92 Å². The fourth-order valence-corrected chi connectivity index (χ4v) is 2.13. The Labute approximate surface area is 128 Å². The average Bonchev–Trinajstić information content (AvgIpc) is 3.14. The van der Waals surface area contributed by atoms with Crippen molar-refractivity contribution in [3.8, 4) is 17.1 Å². The highest BCUT2D eigenvalue weighted by molar-refractivity contribution is 5.72. The molecular formula is C17H16N2O3. The third-order valence-electron chi connectivity index (χ3n) is 3.61. The van der Waals surface area contributed by atoms with Crippen molar-refractivity contribution in [2.75, 3.05) is 0 Å². The van der Waals surface area contributed by atoms with Crippen LogP contribution < -0.4 is 4.74 Å². The van der Waals surface area contributed by atoms with E-state index in [2.05, 4.69) is 5.10 Å². The number of nitrogens with zero attached hydrogens (tertiary/aromatic N) is 2. The molecule has 112 valence electrons. The first-order valence-corrected chi connectivity index (χ1v) is 6.93. The first-order chi connectivity index (χ1) is 10.7. The van der Waals surface area contributed by atoms with Crippen molar-refractivity contribution in [1.29, 1.82) is 0 Å². The molecule has 2 aromatic heterocycles. The first-order valence-electron chi connectivity index (χ1n) is 6.93. The van der Waals surface area contributed by atoms with Crippen molar-refractivity contribution in [3.05, 3.63) is 59.6 Å². The molecule has 0 radical (unpaired) electrons. The van der Waals surface area contributed by atoms with Crippen LogP contribution in [0.2, 0.25) is 0 Å². The Hall–Kier alpha value is -2.82. The molecule has 3 aromatic rings. The molecule has 0 atom stereocenters. The molecule has 0 N–H and O–H groups in total. The van der Waals surface area contributed by atoms with Crippen LogP contribution in [-0.2, 0) is 13.7 Å². The van der Waals surface area contributed by atoms with Gasteiger partial charge in [0.1, 0.15) is 18.1 Å². The minimum absolute atomic E-state index is 0.322. The summed E-state index contributed by atoms with van der Waals surface area (Å²) < 4.78 is 13.0. The summed E-state index contributed by atoms with van der Waals surface area (Å²) in [5.74, 6) is 1.76. The molecule has 1 aromatic carbocycles. The zero-order valence-corrected chi connectivity index (χ0v) is 12.4. The maximum Gasteiger partial charge on any atom is 0.185 e. The summed E-state index contributed by atoms with van der Waals surface area (Å²) in [6, 6.07) is 11.0. The van der Waals surface area contributed by atoms with Crippen LogP contribution in [0.4, 0.5) is 0 Å². The maximum absolute atomic E-state index is 10.6. The number of furan rings is 1. The van der Waals surface area contributed by atoms with Gasteiger partial charge in [0.05, 0.1) is 6.20 Å². The lowest BCUT2D eigenvalue weighted by Gasteiger charge is -2.06. The van der Waals surface area contributed by atoms with Crippen molar-refractivity contribution in [3.63, 3.8) is 0 Å². The minimum atomic E-state index is 0.322. The van der Waals surface area contributed by atoms with Crippen molar-refractivity contribution in [2.24, 2.45) is 7.05 Å². The van der Waals surface area contributed by atoms with E-state index in [1.165, 1.54) is 0 Å². The second-order valence-electron chi connectivity index (χ2n) is 5.01. The van der Waals surface area contributed by atoms with Gasteiger partial charge in [-0.05, 0) is 43.3 Å². The molecule has 0 saturated carbocycles. The number of benzene rings is 1. The molecule has 0 aliphatic heterocycles. The number of ether oxygens (including phenoxy) is 1. The van der Waals surface area contributed by atoms with Gasteiger partial charge in [0, 0.05) is 23.9 Å². The second-order valence-corrected chi connectivity index (χ2v) is 5.01. The van der Waals surface area contributed by atoms with Crippen molar-refractivity contribution in [1.82, 2.24) is 9.78 Å². The van der Waals surface area contributed by atoms with Crippen molar-refractivity contribution >= 4 is 6.29 Å². The van der Waals surface area contributed by atoms with Gasteiger partial charge in [0.25, 0.3) is 0 Å². The number of hydrogen-bond acceptors (Lipinski definition) is 4. The predicted molar refractivity (Wildman–Crippen MR) is 81.8 cm³/mol. The summed E-state index contributed by atoms with van der Waals surface area (Å²) >= 11 is 0. The lowest BCUT2D eigenvalue weighted by atomic mass is 10.2. The van der Waals surface area contributed by atoms with Gasteiger partial charge in [-0.3, -0.25) is 9.48 Å². The van der Waals surface area contributed by atoms with Gasteiger partial charge in [-0.15, -0.1) is 0 Å². The molecule has 22 heavy (non-hydrogen) atoms. The van der Waals surface area contributed by atoms with Gasteiger partial charge in [-0.25, -0.2) is 0 Å². The molecule has 0 fully saturated rings. The van der Waals surface area contributed by atoms with Crippen molar-refractivity contribution < 1.29 is 13.9 Å². The molecule has 0 bridgehead atoms. The summed E-state index contributed by atoms with van der Waals surface area (Å²) in [4.78, 5) is 10.6. The Morgan fingerprint density at radius 2 is 2.00 bits per heavy atom. The maximum atomic E-state index is 10.6. The second kappa shape index (κ2) is 5.89. The number of aryl methyl sites for hydroxylation is 1. The number of rotatable bonds is 5. The molecule has 0 spiro atoms. The van der Waals surface area contributed by atoms with E-state index < -0.39 is 0 Å². The largest absolute Gasteiger partial charge is 0.489 e. The highest BCUT2D eigenvalue weighted by atomic mass is 16.5. The molecular weight excluding hydrogens is 280 g/mol. The Balaban J connectivity index is 1.69. The van der Waals surface area contributed by atoms with E-state index in [9.17, 15) is 4.79 Å². The third-order valence-corrected chi connectivity index (χ3v) is 3.61. The van der Waals surface area contributed by atoms with Gasteiger partial charge in [-0.1, -0.05) is 0 Å². The zero-order chi connectivity index (χ0) is 15.5. The van der Waals surface area contributed by atoms with Gasteiger partial charge in [0.2, 0.25) is 0 Å². The van der Waals surface area contributed by atoms with Crippen LogP contribution in [0.1, 0.15) is 21.8 Å². The highest BCUT2D eigenvalue weighted by Gasteiger charge is 2.06. The minimum Gasteiger partial charge on any atom is -0.489 e. The first kappa shape index (κ1) is 14.1. The van der Waals surface area contributed by atoms with Crippen molar-refractivity contribution in [2.45, 2.75) is 13.5 Å². The SMILES string of the molecule is Cc1c(COc2ccc(-c3ccc(C=O)o3)cc2)cnn1C. The van der Waals surface area contributed by atoms with E-state index in [0.717, 1.165) is 22.6 Å². The molecule has 0 unspecified atom stereocenters. The summed E-state index contributed by atoms with van der Waals surface area (Å²) in [5, 5.41) is 4.19. The molecule has 0 amide bonds. The lowest BCUT2D eigenvalue weighted by molar-refractivity contribution is 0.110. The Kier molecular flexibility index (Phi) is 3.78. The topological polar surface area (TPSA) is 57.3 Å². The average molecular weight is 296 g/mol. The lowest BCUT2D eigenvalue weighted by Crippen LogP contribution is -1.98. The van der Waals surface area contributed by atoms with E-state index in [4.69, 9.17) is 9.15 Å². The van der Waals surface area contributed by atoms with E-state index in [-0.39, 0.29) is 0 Å². The van der Waals surface area contributed by atoms with Gasteiger partial charge in [-0.2, -0.15) is 5.10 Å². The Morgan fingerprint density at radius 3 is 2.59 bits per heavy atom. The van der Waals surface area contributed by atoms with E-state index in [1.807, 2.05) is 49.1 Å². The molecule has 0 aliphatic carbocycles. The van der Waals surface area contributed by atoms with Crippen LogP contribution in [0.5, 0.6) is 5.75 Å². The molecule has 0 aliphatic rings. The van der Waals surface area contributed by atoms with Gasteiger partial charge in [0.15, 0.2) is 12.0 Å². The number of carbonyl (C=O) groups is 1. The fourth-order valence-electron chi connectivity index (χ4n) is 2.13. The van der Waals surface area contributed by atoms with E-state index in [1.54, 1.807) is 12.1 Å². The van der Waals surface area contributed by atoms with Gasteiger partial charge < -0.3 is 9.15 Å². The van der Waals surface area contributed by atoms with Crippen LogP contribution in [0.25, 0.3) is 11.3 Å². The van der Waals surface area contributed by atoms with Crippen LogP contribution >= 0.6 is 0 Å². The molecule has 3 rings (SSSR count). The van der Waals surface area contributed by atoms with Crippen LogP contribution in [0.15, 0.2) is 47.0 Å². The highest BCUT2D eigenvalue weighted by Crippen LogP contribution is 2.24. The number of aromatic nitrogens is 2.